The fourth-order valence-corrected chi connectivity index (χ4v) is 2.63. The lowest BCUT2D eigenvalue weighted by molar-refractivity contribution is -0.164. The molecule has 1 fully saturated rings. The molecule has 2 heterocycles. The minimum absolute atomic E-state index is 0.161. The molecule has 0 radical (unpaired) electrons. The summed E-state index contributed by atoms with van der Waals surface area (Å²) >= 11 is 0. The van der Waals surface area contributed by atoms with Gasteiger partial charge >= 0.3 is 11.9 Å². The van der Waals surface area contributed by atoms with E-state index in [4.69, 9.17) is 14.2 Å². The Morgan fingerprint density at radius 2 is 1.95 bits per heavy atom. The number of carbonyl (C=O) groups is 2. The van der Waals surface area contributed by atoms with Gasteiger partial charge in [-0.3, -0.25) is 9.59 Å². The molecule has 116 valence electrons. The zero-order valence-corrected chi connectivity index (χ0v) is 12.3. The average Bonchev–Trinajstić information content (AvgIpc) is 3.03. The Morgan fingerprint density at radius 3 is 2.68 bits per heavy atom. The SMILES string of the molecule is CC(=O)OC1COC(n2cnc3ccccc32)C1OC(C)=O. The van der Waals surface area contributed by atoms with Gasteiger partial charge in [-0.2, -0.15) is 0 Å². The molecule has 3 unspecified atom stereocenters. The number of esters is 2. The predicted molar refractivity (Wildman–Crippen MR) is 75.8 cm³/mol. The fourth-order valence-electron chi connectivity index (χ4n) is 2.63. The summed E-state index contributed by atoms with van der Waals surface area (Å²) in [5, 5.41) is 0. The van der Waals surface area contributed by atoms with Crippen molar-refractivity contribution in [2.24, 2.45) is 0 Å². The number of rotatable bonds is 3. The van der Waals surface area contributed by atoms with Crippen LogP contribution in [0.5, 0.6) is 0 Å². The van der Waals surface area contributed by atoms with Crippen LogP contribution in [-0.2, 0) is 23.8 Å². The number of nitrogens with zero attached hydrogens (tertiary/aromatic N) is 2. The molecular formula is C15H16N2O5. The minimum Gasteiger partial charge on any atom is -0.456 e. The molecule has 0 aliphatic carbocycles. The summed E-state index contributed by atoms with van der Waals surface area (Å²) in [6, 6.07) is 7.56. The van der Waals surface area contributed by atoms with E-state index >= 15 is 0 Å². The van der Waals surface area contributed by atoms with E-state index in [2.05, 4.69) is 4.98 Å². The standard InChI is InChI=1S/C15H16N2O5/c1-9(18)21-13-7-20-15(14(13)22-10(2)19)17-8-16-11-5-3-4-6-12(11)17/h3-6,8,13-15H,7H2,1-2H3. The maximum absolute atomic E-state index is 11.4. The van der Waals surface area contributed by atoms with Gasteiger partial charge in [0, 0.05) is 13.8 Å². The molecule has 0 saturated carbocycles. The zero-order chi connectivity index (χ0) is 15.7. The van der Waals surface area contributed by atoms with Crippen molar-refractivity contribution < 1.29 is 23.8 Å². The van der Waals surface area contributed by atoms with Crippen LogP contribution in [0.25, 0.3) is 11.0 Å². The third-order valence-corrected chi connectivity index (χ3v) is 3.45. The van der Waals surface area contributed by atoms with Gasteiger partial charge in [0.2, 0.25) is 0 Å². The lowest BCUT2D eigenvalue weighted by Crippen LogP contribution is -2.35. The second-order valence-electron chi connectivity index (χ2n) is 5.09. The van der Waals surface area contributed by atoms with Crippen molar-refractivity contribution in [3.05, 3.63) is 30.6 Å². The highest BCUT2D eigenvalue weighted by molar-refractivity contribution is 5.75. The Labute approximate surface area is 126 Å². The Hall–Kier alpha value is -2.41. The highest BCUT2D eigenvalue weighted by Crippen LogP contribution is 2.31. The van der Waals surface area contributed by atoms with Crippen LogP contribution in [-0.4, -0.2) is 40.3 Å². The number of benzene rings is 1. The number of ether oxygens (including phenoxy) is 3. The number of para-hydroxylation sites is 2. The summed E-state index contributed by atoms with van der Waals surface area (Å²) < 4.78 is 18.0. The maximum atomic E-state index is 11.4. The molecule has 0 bridgehead atoms. The molecule has 3 atom stereocenters. The first kappa shape index (κ1) is 14.5. The number of hydrogen-bond donors (Lipinski definition) is 0. The Bertz CT molecular complexity index is 711. The first-order valence-electron chi connectivity index (χ1n) is 6.94. The van der Waals surface area contributed by atoms with Gasteiger partial charge in [0.25, 0.3) is 0 Å². The normalized spacial score (nSPS) is 24.4. The molecule has 1 aliphatic rings. The van der Waals surface area contributed by atoms with Crippen molar-refractivity contribution in [3.63, 3.8) is 0 Å². The van der Waals surface area contributed by atoms with Crippen molar-refractivity contribution in [3.8, 4) is 0 Å². The first-order valence-corrected chi connectivity index (χ1v) is 6.94. The van der Waals surface area contributed by atoms with Crippen molar-refractivity contribution in [1.29, 1.82) is 0 Å². The lowest BCUT2D eigenvalue weighted by atomic mass is 10.2. The summed E-state index contributed by atoms with van der Waals surface area (Å²) in [5.41, 5.74) is 1.66. The topological polar surface area (TPSA) is 79.7 Å². The van der Waals surface area contributed by atoms with Gasteiger partial charge in [-0.15, -0.1) is 0 Å². The van der Waals surface area contributed by atoms with Gasteiger partial charge in [0.1, 0.15) is 0 Å². The van der Waals surface area contributed by atoms with Crippen LogP contribution in [0.3, 0.4) is 0 Å². The van der Waals surface area contributed by atoms with Gasteiger partial charge in [-0.25, -0.2) is 4.98 Å². The molecule has 3 rings (SSSR count). The monoisotopic (exact) mass is 304 g/mol. The molecule has 1 aromatic heterocycles. The van der Waals surface area contributed by atoms with Crippen molar-refractivity contribution >= 4 is 23.0 Å². The fraction of sp³-hybridized carbons (Fsp3) is 0.400. The minimum atomic E-state index is -0.709. The maximum Gasteiger partial charge on any atom is 0.303 e. The number of aromatic nitrogens is 2. The van der Waals surface area contributed by atoms with E-state index in [0.717, 1.165) is 11.0 Å². The third kappa shape index (κ3) is 2.67. The Kier molecular flexibility index (Phi) is 3.81. The molecule has 22 heavy (non-hydrogen) atoms. The van der Waals surface area contributed by atoms with E-state index in [1.54, 1.807) is 10.9 Å². The van der Waals surface area contributed by atoms with Crippen LogP contribution in [0.4, 0.5) is 0 Å². The predicted octanol–water partition coefficient (Wildman–Crippen LogP) is 1.43. The van der Waals surface area contributed by atoms with E-state index in [1.807, 2.05) is 24.3 Å². The van der Waals surface area contributed by atoms with E-state index in [9.17, 15) is 9.59 Å². The number of carbonyl (C=O) groups excluding carboxylic acids is 2. The van der Waals surface area contributed by atoms with Crippen LogP contribution in [0.2, 0.25) is 0 Å². The smallest absolute Gasteiger partial charge is 0.303 e. The summed E-state index contributed by atoms with van der Waals surface area (Å²) in [6.45, 7) is 2.78. The van der Waals surface area contributed by atoms with Crippen LogP contribution in [0.15, 0.2) is 30.6 Å². The molecular weight excluding hydrogens is 288 g/mol. The molecule has 0 N–H and O–H groups in total. The first-order chi connectivity index (χ1) is 10.6. The van der Waals surface area contributed by atoms with Gasteiger partial charge in [-0.05, 0) is 12.1 Å². The number of hydrogen-bond acceptors (Lipinski definition) is 6. The van der Waals surface area contributed by atoms with Crippen molar-refractivity contribution in [2.75, 3.05) is 6.61 Å². The Morgan fingerprint density at radius 1 is 1.23 bits per heavy atom. The van der Waals surface area contributed by atoms with E-state index in [1.165, 1.54) is 13.8 Å². The molecule has 0 amide bonds. The van der Waals surface area contributed by atoms with Crippen LogP contribution in [0.1, 0.15) is 20.1 Å². The quantitative estimate of drug-likeness (QED) is 0.798. The zero-order valence-electron chi connectivity index (χ0n) is 12.3. The van der Waals surface area contributed by atoms with Crippen molar-refractivity contribution in [2.45, 2.75) is 32.3 Å². The number of imidazole rings is 1. The summed E-state index contributed by atoms with van der Waals surface area (Å²) in [7, 11) is 0. The molecule has 7 heteroatoms. The van der Waals surface area contributed by atoms with Crippen LogP contribution >= 0.6 is 0 Å². The van der Waals surface area contributed by atoms with E-state index in [-0.39, 0.29) is 6.61 Å². The third-order valence-electron chi connectivity index (χ3n) is 3.45. The second kappa shape index (κ2) is 5.76. The van der Waals surface area contributed by atoms with Gasteiger partial charge in [0.05, 0.1) is 24.0 Å². The Balaban J connectivity index is 1.94. The highest BCUT2D eigenvalue weighted by Gasteiger charge is 2.43. The summed E-state index contributed by atoms with van der Waals surface area (Å²) in [5.74, 6) is -0.899. The van der Waals surface area contributed by atoms with Crippen LogP contribution in [0, 0.1) is 0 Å². The molecule has 7 nitrogen and oxygen atoms in total. The van der Waals surface area contributed by atoms with Crippen molar-refractivity contribution in [1.82, 2.24) is 9.55 Å². The van der Waals surface area contributed by atoms with E-state index in [0.29, 0.717) is 0 Å². The molecule has 1 aliphatic heterocycles. The lowest BCUT2D eigenvalue weighted by Gasteiger charge is -2.23. The number of fused-ring (bicyclic) bond motifs is 1. The molecule has 0 spiro atoms. The average molecular weight is 304 g/mol. The largest absolute Gasteiger partial charge is 0.456 e. The second-order valence-corrected chi connectivity index (χ2v) is 5.09. The molecule has 2 aromatic rings. The molecule has 1 aromatic carbocycles. The van der Waals surface area contributed by atoms with Gasteiger partial charge < -0.3 is 18.8 Å². The van der Waals surface area contributed by atoms with E-state index < -0.39 is 30.4 Å². The summed E-state index contributed by atoms with van der Waals surface area (Å²) in [4.78, 5) is 26.9. The molecule has 1 saturated heterocycles. The van der Waals surface area contributed by atoms with Gasteiger partial charge in [0.15, 0.2) is 18.4 Å². The highest BCUT2D eigenvalue weighted by atomic mass is 16.6. The van der Waals surface area contributed by atoms with Crippen LogP contribution < -0.4 is 0 Å². The summed E-state index contributed by atoms with van der Waals surface area (Å²) in [6.07, 6.45) is -0.297. The van der Waals surface area contributed by atoms with Gasteiger partial charge in [-0.1, -0.05) is 12.1 Å².